The number of anilines is 3. The molecule has 0 saturated heterocycles. The maximum absolute atomic E-state index is 13.6. The summed E-state index contributed by atoms with van der Waals surface area (Å²) in [6.45, 7) is 0.980. The molecule has 0 atom stereocenters. The molecule has 7 nitrogen and oxygen atoms in total. The summed E-state index contributed by atoms with van der Waals surface area (Å²) in [6, 6.07) is 11.5. The topological polar surface area (TPSA) is 85.4 Å². The lowest BCUT2D eigenvalue weighted by atomic mass is 10.2. The van der Waals surface area contributed by atoms with Crippen molar-refractivity contribution in [2.45, 2.75) is 0 Å². The second-order valence-corrected chi connectivity index (χ2v) is 5.84. The zero-order valence-electron chi connectivity index (χ0n) is 14.4. The first kappa shape index (κ1) is 17.7. The third-order valence-electron chi connectivity index (χ3n) is 3.91. The molecule has 0 radical (unpaired) electrons. The number of rotatable bonds is 4. The minimum atomic E-state index is -0.877. The predicted molar refractivity (Wildman–Crippen MR) is 97.1 cm³/mol. The van der Waals surface area contributed by atoms with Gasteiger partial charge in [-0.15, -0.1) is 10.2 Å². The number of fused-ring (bicyclic) bond motifs is 1. The number of amides is 1. The summed E-state index contributed by atoms with van der Waals surface area (Å²) in [7, 11) is 0. The van der Waals surface area contributed by atoms with Gasteiger partial charge in [-0.1, -0.05) is 6.07 Å². The summed E-state index contributed by atoms with van der Waals surface area (Å²) < 4.78 is 38.2. The molecule has 1 aliphatic rings. The smallest absolute Gasteiger partial charge is 0.276 e. The van der Waals surface area contributed by atoms with Crippen molar-refractivity contribution in [3.05, 3.63) is 65.9 Å². The van der Waals surface area contributed by atoms with Crippen LogP contribution in [0.2, 0.25) is 0 Å². The number of para-hydroxylation sites is 1. The van der Waals surface area contributed by atoms with E-state index in [0.717, 1.165) is 12.1 Å². The van der Waals surface area contributed by atoms with E-state index in [1.54, 1.807) is 18.2 Å². The molecule has 3 aromatic rings. The van der Waals surface area contributed by atoms with Gasteiger partial charge >= 0.3 is 0 Å². The first-order valence-electron chi connectivity index (χ1n) is 8.36. The normalized spacial score (nSPS) is 12.4. The Kier molecular flexibility index (Phi) is 4.71. The van der Waals surface area contributed by atoms with Gasteiger partial charge in [-0.2, -0.15) is 0 Å². The summed E-state index contributed by atoms with van der Waals surface area (Å²) in [5.74, 6) is -0.869. The van der Waals surface area contributed by atoms with E-state index >= 15 is 0 Å². The van der Waals surface area contributed by atoms with Crippen LogP contribution in [0.3, 0.4) is 0 Å². The molecule has 0 bridgehead atoms. The van der Waals surface area contributed by atoms with E-state index in [1.807, 2.05) is 0 Å². The fraction of sp³-hybridized carbons (Fsp3) is 0.105. The average Bonchev–Trinajstić information content (AvgIpc) is 2.71. The van der Waals surface area contributed by atoms with Gasteiger partial charge in [-0.3, -0.25) is 4.79 Å². The lowest BCUT2D eigenvalue weighted by Crippen LogP contribution is -2.16. The number of carbonyl (C=O) groups excluding carboxylic acids is 1. The SMILES string of the molecule is O=C(Nc1c(F)cccc1F)c1ccc(Nc2ccc3c(c2)OCCO3)nn1. The minimum absolute atomic E-state index is 0.0876. The van der Waals surface area contributed by atoms with E-state index in [1.165, 1.54) is 18.2 Å². The van der Waals surface area contributed by atoms with Crippen molar-refractivity contribution >= 4 is 23.1 Å². The van der Waals surface area contributed by atoms with Crippen molar-refractivity contribution < 1.29 is 23.0 Å². The van der Waals surface area contributed by atoms with Crippen LogP contribution in [0, 0.1) is 11.6 Å². The zero-order valence-corrected chi connectivity index (χ0v) is 14.4. The Hall–Kier alpha value is -3.75. The van der Waals surface area contributed by atoms with Crippen molar-refractivity contribution in [2.24, 2.45) is 0 Å². The molecule has 4 rings (SSSR count). The van der Waals surface area contributed by atoms with Gasteiger partial charge in [0.2, 0.25) is 0 Å². The summed E-state index contributed by atoms with van der Waals surface area (Å²) in [5, 5.41) is 12.9. The lowest BCUT2D eigenvalue weighted by molar-refractivity contribution is 0.102. The third-order valence-corrected chi connectivity index (χ3v) is 3.91. The number of nitrogens with one attached hydrogen (secondary N) is 2. The number of halogens is 2. The van der Waals surface area contributed by atoms with Gasteiger partial charge in [0.15, 0.2) is 23.0 Å². The number of carbonyl (C=O) groups is 1. The predicted octanol–water partition coefficient (Wildman–Crippen LogP) is 3.52. The van der Waals surface area contributed by atoms with Crippen molar-refractivity contribution in [1.82, 2.24) is 10.2 Å². The molecule has 9 heteroatoms. The van der Waals surface area contributed by atoms with Gasteiger partial charge in [0.1, 0.15) is 30.5 Å². The van der Waals surface area contributed by atoms with Crippen molar-refractivity contribution in [3.8, 4) is 11.5 Å². The number of nitrogens with zero attached hydrogens (tertiary/aromatic N) is 2. The Morgan fingerprint density at radius 1 is 0.929 bits per heavy atom. The fourth-order valence-electron chi connectivity index (χ4n) is 2.58. The van der Waals surface area contributed by atoms with Gasteiger partial charge in [0.05, 0.1) is 0 Å². The van der Waals surface area contributed by atoms with Crippen LogP contribution < -0.4 is 20.1 Å². The average molecular weight is 384 g/mol. The van der Waals surface area contributed by atoms with Crippen LogP contribution in [-0.4, -0.2) is 29.3 Å². The van der Waals surface area contributed by atoms with Gasteiger partial charge in [-0.25, -0.2) is 8.78 Å². The maximum atomic E-state index is 13.6. The van der Waals surface area contributed by atoms with Gasteiger partial charge in [0.25, 0.3) is 5.91 Å². The first-order chi connectivity index (χ1) is 13.6. The summed E-state index contributed by atoms with van der Waals surface area (Å²) in [4.78, 5) is 12.2. The molecule has 142 valence electrons. The zero-order chi connectivity index (χ0) is 19.5. The Morgan fingerprint density at radius 2 is 1.68 bits per heavy atom. The Bertz CT molecular complexity index is 1010. The first-order valence-corrected chi connectivity index (χ1v) is 8.36. The minimum Gasteiger partial charge on any atom is -0.486 e. The number of benzene rings is 2. The summed E-state index contributed by atoms with van der Waals surface area (Å²) in [5.41, 5.74) is 0.0762. The van der Waals surface area contributed by atoms with Gasteiger partial charge in [-0.05, 0) is 36.4 Å². The van der Waals surface area contributed by atoms with Crippen LogP contribution in [0.15, 0.2) is 48.5 Å². The quantitative estimate of drug-likeness (QED) is 0.716. The molecule has 28 heavy (non-hydrogen) atoms. The monoisotopic (exact) mass is 384 g/mol. The van der Waals surface area contributed by atoms with E-state index in [0.29, 0.717) is 36.2 Å². The highest BCUT2D eigenvalue weighted by Gasteiger charge is 2.15. The van der Waals surface area contributed by atoms with Crippen LogP contribution in [0.1, 0.15) is 10.5 Å². The van der Waals surface area contributed by atoms with Crippen LogP contribution in [-0.2, 0) is 0 Å². The summed E-state index contributed by atoms with van der Waals surface area (Å²) in [6.07, 6.45) is 0. The Morgan fingerprint density at radius 3 is 2.39 bits per heavy atom. The highest BCUT2D eigenvalue weighted by Crippen LogP contribution is 2.33. The molecular weight excluding hydrogens is 370 g/mol. The van der Waals surface area contributed by atoms with Crippen LogP contribution in [0.5, 0.6) is 11.5 Å². The standard InChI is InChI=1S/C19H14F2N4O3/c20-12-2-1-3-13(21)18(12)23-19(26)14-5-7-17(25-24-14)22-11-4-6-15-16(10-11)28-9-8-27-15/h1-7,10H,8-9H2,(H,22,25)(H,23,26). The molecular formula is C19H14F2N4O3. The molecule has 1 aliphatic heterocycles. The van der Waals surface area contributed by atoms with Crippen LogP contribution in [0.25, 0.3) is 0 Å². The highest BCUT2D eigenvalue weighted by atomic mass is 19.1. The molecule has 2 N–H and O–H groups in total. The van der Waals surface area contributed by atoms with E-state index in [2.05, 4.69) is 20.8 Å². The lowest BCUT2D eigenvalue weighted by Gasteiger charge is -2.19. The third kappa shape index (κ3) is 3.68. The van der Waals surface area contributed by atoms with E-state index in [9.17, 15) is 13.6 Å². The second-order valence-electron chi connectivity index (χ2n) is 5.84. The number of aromatic nitrogens is 2. The molecule has 2 heterocycles. The molecule has 2 aromatic carbocycles. The van der Waals surface area contributed by atoms with Crippen LogP contribution >= 0.6 is 0 Å². The highest BCUT2D eigenvalue weighted by molar-refractivity contribution is 6.02. The van der Waals surface area contributed by atoms with Crippen LogP contribution in [0.4, 0.5) is 26.0 Å². The number of hydrogen-bond acceptors (Lipinski definition) is 6. The fourth-order valence-corrected chi connectivity index (χ4v) is 2.58. The van der Waals surface area contributed by atoms with Crippen molar-refractivity contribution in [1.29, 1.82) is 0 Å². The number of hydrogen-bond donors (Lipinski definition) is 2. The van der Waals surface area contributed by atoms with Gasteiger partial charge in [0, 0.05) is 11.8 Å². The molecule has 0 saturated carbocycles. The Balaban J connectivity index is 1.46. The summed E-state index contributed by atoms with van der Waals surface area (Å²) >= 11 is 0. The number of ether oxygens (including phenoxy) is 2. The largest absolute Gasteiger partial charge is 0.486 e. The van der Waals surface area contributed by atoms with E-state index in [4.69, 9.17) is 9.47 Å². The maximum Gasteiger partial charge on any atom is 0.276 e. The molecule has 1 amide bonds. The molecule has 1 aromatic heterocycles. The van der Waals surface area contributed by atoms with E-state index < -0.39 is 23.2 Å². The molecule has 0 unspecified atom stereocenters. The van der Waals surface area contributed by atoms with Crippen molar-refractivity contribution in [2.75, 3.05) is 23.8 Å². The molecule has 0 spiro atoms. The van der Waals surface area contributed by atoms with Gasteiger partial charge < -0.3 is 20.1 Å². The van der Waals surface area contributed by atoms with Crippen molar-refractivity contribution in [3.63, 3.8) is 0 Å². The molecule has 0 aliphatic carbocycles. The Labute approximate surface area is 158 Å². The second kappa shape index (κ2) is 7.47. The van der Waals surface area contributed by atoms with E-state index in [-0.39, 0.29) is 5.69 Å². The molecule has 0 fully saturated rings.